The van der Waals surface area contributed by atoms with Gasteiger partial charge in [0.1, 0.15) is 5.60 Å². The van der Waals surface area contributed by atoms with E-state index in [4.69, 9.17) is 14.2 Å². The Kier molecular flexibility index (Phi) is 4.84. The average molecular weight is 339 g/mol. The third kappa shape index (κ3) is 3.60. The maximum atomic E-state index is 9.02. The van der Waals surface area contributed by atoms with E-state index in [1.165, 1.54) is 15.4 Å². The van der Waals surface area contributed by atoms with E-state index in [1.54, 1.807) is 12.1 Å². The molecule has 7 heteroatoms. The maximum absolute atomic E-state index is 9.02. The van der Waals surface area contributed by atoms with Gasteiger partial charge < -0.3 is 10.0 Å². The van der Waals surface area contributed by atoms with Crippen LogP contribution >= 0.6 is 30.4 Å². The van der Waals surface area contributed by atoms with Crippen molar-refractivity contribution in [2.24, 2.45) is 0 Å². The van der Waals surface area contributed by atoms with Crippen molar-refractivity contribution in [2.45, 2.75) is 19.4 Å². The first kappa shape index (κ1) is 13.2. The van der Waals surface area contributed by atoms with Gasteiger partial charge in [-0.25, -0.2) is 0 Å². The lowest BCUT2D eigenvalue weighted by molar-refractivity contribution is 0.139. The summed E-state index contributed by atoms with van der Waals surface area (Å²) in [5, 5.41) is 18.0. The lowest BCUT2D eigenvalue weighted by atomic mass is 9.80. The number of rotatable bonds is 4. The molecule has 0 radical (unpaired) electrons. The van der Waals surface area contributed by atoms with Crippen LogP contribution in [-0.4, -0.2) is 22.2 Å². The zero-order valence-corrected chi connectivity index (χ0v) is 11.3. The molecule has 0 fully saturated rings. The first-order chi connectivity index (χ1) is 6.97. The molecule has 1 heterocycles. The average Bonchev–Trinajstić information content (AvgIpc) is 2.18. The predicted octanol–water partition coefficient (Wildman–Crippen LogP) is 1.01. The number of halogens is 1. The minimum absolute atomic E-state index is 0.412. The van der Waals surface area contributed by atoms with Gasteiger partial charge in [0.2, 0.25) is 0 Å². The van der Waals surface area contributed by atoms with Gasteiger partial charge in [-0.3, -0.25) is 9.17 Å². The molecule has 0 aromatic carbocycles. The fourth-order valence-corrected chi connectivity index (χ4v) is 2.65. The summed E-state index contributed by atoms with van der Waals surface area (Å²) in [4.78, 5) is 4.15. The molecule has 1 aromatic rings. The van der Waals surface area contributed by atoms with Gasteiger partial charge in [0, 0.05) is 27.4 Å². The van der Waals surface area contributed by atoms with Crippen LogP contribution in [0.25, 0.3) is 0 Å². The standard InChI is InChI=1S/C8H11BINO3S/c1-8(2,14-15-10)7-5-6(9(12)13)3-4-11-7/h3-5,12-13H,1-2H3. The molecule has 2 N–H and O–H groups in total. The molecule has 0 saturated carbocycles. The van der Waals surface area contributed by atoms with Gasteiger partial charge in [0.15, 0.2) is 0 Å². The third-order valence-corrected chi connectivity index (χ3v) is 2.96. The van der Waals surface area contributed by atoms with Crippen molar-refractivity contribution >= 4 is 43.0 Å². The molecule has 82 valence electrons. The van der Waals surface area contributed by atoms with Gasteiger partial charge in [-0.1, -0.05) is 0 Å². The molecule has 15 heavy (non-hydrogen) atoms. The van der Waals surface area contributed by atoms with Crippen molar-refractivity contribution < 1.29 is 14.2 Å². The summed E-state index contributed by atoms with van der Waals surface area (Å²) in [7, 11) is -0.254. The second-order valence-corrected chi connectivity index (χ2v) is 4.88. The van der Waals surface area contributed by atoms with Gasteiger partial charge in [-0.05, 0) is 31.4 Å². The molecule has 0 aliphatic heterocycles. The maximum Gasteiger partial charge on any atom is 0.488 e. The highest BCUT2D eigenvalue weighted by Gasteiger charge is 2.25. The molecule has 0 saturated heterocycles. The van der Waals surface area contributed by atoms with Crippen molar-refractivity contribution in [3.05, 3.63) is 24.0 Å². The lowest BCUT2D eigenvalue weighted by Crippen LogP contribution is -2.32. The lowest BCUT2D eigenvalue weighted by Gasteiger charge is -2.22. The SMILES string of the molecule is CC(C)(OSI)c1cc(B(O)O)ccn1. The quantitative estimate of drug-likeness (QED) is 0.487. The fourth-order valence-electron chi connectivity index (χ4n) is 1.06. The van der Waals surface area contributed by atoms with Crippen molar-refractivity contribution in [1.29, 1.82) is 0 Å². The Labute approximate surface area is 105 Å². The van der Waals surface area contributed by atoms with Crippen LogP contribution in [0.1, 0.15) is 19.5 Å². The largest absolute Gasteiger partial charge is 0.488 e. The minimum Gasteiger partial charge on any atom is -0.423 e. The van der Waals surface area contributed by atoms with Crippen molar-refractivity contribution in [1.82, 2.24) is 4.98 Å². The second-order valence-electron chi connectivity index (χ2n) is 3.50. The second kappa shape index (κ2) is 5.49. The van der Waals surface area contributed by atoms with Crippen molar-refractivity contribution in [2.75, 3.05) is 0 Å². The molecule has 0 amide bonds. The van der Waals surface area contributed by atoms with E-state index in [1.807, 2.05) is 35.1 Å². The van der Waals surface area contributed by atoms with Gasteiger partial charge in [0.05, 0.1) is 14.9 Å². The molecule has 1 aromatic heterocycles. The van der Waals surface area contributed by atoms with E-state index in [0.717, 1.165) is 0 Å². The fraction of sp³-hybridized carbons (Fsp3) is 0.375. The number of pyridine rings is 1. The van der Waals surface area contributed by atoms with Crippen molar-refractivity contribution in [3.8, 4) is 0 Å². The van der Waals surface area contributed by atoms with Crippen LogP contribution in [-0.2, 0) is 9.78 Å². The van der Waals surface area contributed by atoms with Gasteiger partial charge >= 0.3 is 7.12 Å². The van der Waals surface area contributed by atoms with E-state index in [2.05, 4.69) is 4.98 Å². The molecular weight excluding hydrogens is 328 g/mol. The Bertz CT molecular complexity index is 337. The van der Waals surface area contributed by atoms with Crippen LogP contribution in [0.3, 0.4) is 0 Å². The van der Waals surface area contributed by atoms with Crippen LogP contribution in [0.4, 0.5) is 0 Å². The Morgan fingerprint density at radius 2 is 2.20 bits per heavy atom. The normalized spacial score (nSPS) is 11.5. The molecule has 1 rings (SSSR count). The molecule has 0 unspecified atom stereocenters. The summed E-state index contributed by atoms with van der Waals surface area (Å²) >= 11 is 2.03. The highest BCUT2D eigenvalue weighted by Crippen LogP contribution is 2.30. The topological polar surface area (TPSA) is 62.6 Å². The summed E-state index contributed by atoms with van der Waals surface area (Å²) < 4.78 is 5.43. The zero-order chi connectivity index (χ0) is 11.5. The van der Waals surface area contributed by atoms with Gasteiger partial charge in [-0.2, -0.15) is 0 Å². The summed E-state index contributed by atoms with van der Waals surface area (Å²) in [5.41, 5.74) is 0.518. The number of hydrogen-bond acceptors (Lipinski definition) is 5. The van der Waals surface area contributed by atoms with E-state index in [9.17, 15) is 0 Å². The summed E-state index contributed by atoms with van der Waals surface area (Å²) in [6, 6.07) is 3.18. The molecule has 0 spiro atoms. The minimum atomic E-state index is -1.48. The van der Waals surface area contributed by atoms with Crippen LogP contribution in [0.15, 0.2) is 18.3 Å². The Morgan fingerprint density at radius 1 is 1.53 bits per heavy atom. The van der Waals surface area contributed by atoms with Crippen LogP contribution in [0, 0.1) is 0 Å². The van der Waals surface area contributed by atoms with Gasteiger partial charge in [0.25, 0.3) is 0 Å². The monoisotopic (exact) mass is 339 g/mol. The molecule has 0 aliphatic carbocycles. The summed E-state index contributed by atoms with van der Waals surface area (Å²) in [6.45, 7) is 3.74. The third-order valence-electron chi connectivity index (χ3n) is 1.94. The van der Waals surface area contributed by atoms with E-state index in [0.29, 0.717) is 11.2 Å². The Balaban J connectivity index is 2.99. The molecule has 4 nitrogen and oxygen atoms in total. The smallest absolute Gasteiger partial charge is 0.423 e. The number of aromatic nitrogens is 1. The van der Waals surface area contributed by atoms with E-state index in [-0.39, 0.29) is 0 Å². The molecular formula is C8H11BINO3S. The first-order valence-corrected chi connectivity index (χ1v) is 7.55. The van der Waals surface area contributed by atoms with Gasteiger partial charge in [-0.15, -0.1) is 0 Å². The molecule has 0 atom stereocenters. The highest BCUT2D eigenvalue weighted by atomic mass is 127. The predicted molar refractivity (Wildman–Crippen MR) is 69.8 cm³/mol. The van der Waals surface area contributed by atoms with Crippen LogP contribution in [0.5, 0.6) is 0 Å². The molecule has 0 aliphatic rings. The van der Waals surface area contributed by atoms with E-state index >= 15 is 0 Å². The van der Waals surface area contributed by atoms with E-state index < -0.39 is 12.7 Å². The highest BCUT2D eigenvalue weighted by molar-refractivity contribution is 14.2. The summed E-state index contributed by atoms with van der Waals surface area (Å²) in [5.74, 6) is 0. The first-order valence-electron chi connectivity index (χ1n) is 4.26. The molecule has 0 bridgehead atoms. The Hall–Kier alpha value is 0.175. The number of nitrogens with zero attached hydrogens (tertiary/aromatic N) is 1. The van der Waals surface area contributed by atoms with Crippen LogP contribution in [0.2, 0.25) is 0 Å². The summed E-state index contributed by atoms with van der Waals surface area (Å²) in [6.07, 6.45) is 1.53. The van der Waals surface area contributed by atoms with Crippen LogP contribution < -0.4 is 5.46 Å². The Morgan fingerprint density at radius 3 is 2.73 bits per heavy atom. The number of hydrogen-bond donors (Lipinski definition) is 2. The zero-order valence-electron chi connectivity index (χ0n) is 8.35. The van der Waals surface area contributed by atoms with Crippen molar-refractivity contribution in [3.63, 3.8) is 0 Å².